The van der Waals surface area contributed by atoms with Crippen LogP contribution >= 0.6 is 34.0 Å². The van der Waals surface area contributed by atoms with Gasteiger partial charge in [0, 0.05) is 0 Å². The number of rotatable bonds is 14. The van der Waals surface area contributed by atoms with Gasteiger partial charge in [-0.1, -0.05) is 18.2 Å². The van der Waals surface area contributed by atoms with Gasteiger partial charge in [-0.25, -0.2) is 9.59 Å². The van der Waals surface area contributed by atoms with Crippen LogP contribution < -0.4 is 0 Å². The summed E-state index contributed by atoms with van der Waals surface area (Å²) in [6.45, 7) is 4.98. The summed E-state index contributed by atoms with van der Waals surface area (Å²) in [4.78, 5) is 45.4. The van der Waals surface area contributed by atoms with Crippen LogP contribution in [0, 0.1) is 0 Å². The lowest BCUT2D eigenvalue weighted by Gasteiger charge is -2.11. The second-order valence-corrected chi connectivity index (χ2v) is 14.7. The van der Waals surface area contributed by atoms with E-state index in [-0.39, 0.29) is 35.2 Å². The lowest BCUT2D eigenvalue weighted by molar-refractivity contribution is -0.142. The van der Waals surface area contributed by atoms with Crippen LogP contribution in [0.15, 0.2) is 64.7 Å². The molecule has 3 aromatic heterocycles. The summed E-state index contributed by atoms with van der Waals surface area (Å²) in [6, 6.07) is 9.02. The third-order valence-electron chi connectivity index (χ3n) is 4.97. The number of carbonyl (C=O) groups excluding carboxylic acids is 4. The molecule has 0 unspecified atom stereocenters. The van der Waals surface area contributed by atoms with E-state index >= 15 is 0 Å². The van der Waals surface area contributed by atoms with Gasteiger partial charge in [0.25, 0.3) is 0 Å². The van der Waals surface area contributed by atoms with E-state index in [9.17, 15) is 62.4 Å². The summed E-state index contributed by atoms with van der Waals surface area (Å²) in [5.74, 6) is -4.12. The van der Waals surface area contributed by atoms with Gasteiger partial charge in [-0.2, -0.15) is 43.2 Å². The highest BCUT2D eigenvalue weighted by Gasteiger charge is 2.50. The standard InChI is InChI=1S/2C10H9F3O5S2.C9H10O3S/c2*1-2-17-9(14)6-7(8-4-3-5-19-8)18-20(15,16)10(11,12)13;1-2-12-9(11)6-7(10)8-4-3-5-13-8/h2*3-6H,2H2,1H3;3-5H,2,6H2,1H3/b7-6+;7-6-;. The first-order valence-corrected chi connectivity index (χ1v) is 19.6. The van der Waals surface area contributed by atoms with E-state index in [2.05, 4.69) is 22.6 Å². The number of ketones is 1. The minimum absolute atomic E-state index is 0.0148. The zero-order valence-corrected chi connectivity index (χ0v) is 31.4. The lowest BCUT2D eigenvalue weighted by Crippen LogP contribution is -2.25. The van der Waals surface area contributed by atoms with Crippen molar-refractivity contribution < 1.29 is 84.9 Å². The van der Waals surface area contributed by atoms with E-state index < -0.39 is 60.7 Å². The van der Waals surface area contributed by atoms with Gasteiger partial charge in [-0.05, 0) is 55.1 Å². The van der Waals surface area contributed by atoms with Crippen LogP contribution in [0.1, 0.15) is 46.6 Å². The SMILES string of the molecule is CCOC(=O)/C=C(/OS(=O)(=O)C(F)(F)F)c1cccs1.CCOC(=O)/C=C(\OS(=O)(=O)C(F)(F)F)c1cccs1.CCOC(=O)CC(=O)c1cccs1. The third kappa shape index (κ3) is 16.5. The van der Waals surface area contributed by atoms with Gasteiger partial charge < -0.3 is 22.6 Å². The van der Waals surface area contributed by atoms with Crippen LogP contribution in [0.2, 0.25) is 0 Å². The molecule has 0 aliphatic carbocycles. The van der Waals surface area contributed by atoms with Crippen LogP contribution in [-0.2, 0) is 57.2 Å². The molecule has 0 atom stereocenters. The quantitative estimate of drug-likeness (QED) is 0.0188. The fraction of sp³-hybridized carbons (Fsp3) is 0.310. The van der Waals surface area contributed by atoms with Crippen molar-refractivity contribution in [1.29, 1.82) is 0 Å². The molecule has 0 bridgehead atoms. The molecule has 3 heterocycles. The first kappa shape index (κ1) is 46.8. The van der Waals surface area contributed by atoms with Crippen molar-refractivity contribution in [3.05, 3.63) is 79.3 Å². The van der Waals surface area contributed by atoms with Crippen molar-refractivity contribution in [1.82, 2.24) is 0 Å². The summed E-state index contributed by atoms with van der Waals surface area (Å²) in [5.41, 5.74) is -11.2. The van der Waals surface area contributed by atoms with Crippen molar-refractivity contribution >= 4 is 89.5 Å². The lowest BCUT2D eigenvalue weighted by atomic mass is 10.2. The van der Waals surface area contributed by atoms with E-state index in [1.165, 1.54) is 60.2 Å². The van der Waals surface area contributed by atoms with Gasteiger partial charge in [0.1, 0.15) is 6.42 Å². The van der Waals surface area contributed by atoms with Gasteiger partial charge in [0.15, 0.2) is 17.3 Å². The molecule has 0 amide bonds. The Kier molecular flexibility index (Phi) is 18.9. The predicted molar refractivity (Wildman–Crippen MR) is 180 cm³/mol. The first-order valence-electron chi connectivity index (χ1n) is 14.2. The summed E-state index contributed by atoms with van der Waals surface area (Å²) in [5, 5.41) is 4.77. The molecule has 53 heavy (non-hydrogen) atoms. The number of alkyl halides is 6. The zero-order valence-electron chi connectivity index (χ0n) is 27.3. The average Bonchev–Trinajstić information content (AvgIpc) is 3.85. The highest BCUT2D eigenvalue weighted by Crippen LogP contribution is 2.32. The van der Waals surface area contributed by atoms with Crippen molar-refractivity contribution in [2.24, 2.45) is 0 Å². The van der Waals surface area contributed by atoms with E-state index in [0.29, 0.717) is 23.6 Å². The zero-order chi connectivity index (χ0) is 40.5. The second-order valence-electron chi connectivity index (χ2n) is 8.82. The molecule has 0 radical (unpaired) electrons. The molecule has 0 saturated carbocycles. The molecule has 3 aromatic rings. The first-order chi connectivity index (χ1) is 24.6. The second kappa shape index (κ2) is 21.4. The van der Waals surface area contributed by atoms with Crippen molar-refractivity contribution in [3.63, 3.8) is 0 Å². The summed E-state index contributed by atoms with van der Waals surface area (Å²) in [6.07, 6.45) is 0.950. The van der Waals surface area contributed by atoms with E-state index in [1.54, 1.807) is 24.4 Å². The molecule has 0 aliphatic rings. The highest BCUT2D eigenvalue weighted by molar-refractivity contribution is 7.88. The molecule has 3 rings (SSSR count). The number of ether oxygens (including phenoxy) is 3. The van der Waals surface area contributed by atoms with Crippen LogP contribution in [0.3, 0.4) is 0 Å². The third-order valence-corrected chi connectivity index (χ3v) is 9.58. The number of hydrogen-bond acceptors (Lipinski definition) is 16. The summed E-state index contributed by atoms with van der Waals surface area (Å²) < 4.78 is 139. The van der Waals surface area contributed by atoms with Crippen molar-refractivity contribution in [2.75, 3.05) is 19.8 Å². The Morgan fingerprint density at radius 1 is 0.604 bits per heavy atom. The van der Waals surface area contributed by atoms with Gasteiger partial charge in [0.2, 0.25) is 0 Å². The minimum atomic E-state index is -5.85. The molecule has 0 aliphatic heterocycles. The number of carbonyl (C=O) groups is 4. The predicted octanol–water partition coefficient (Wildman–Crippen LogP) is 6.92. The highest BCUT2D eigenvalue weighted by atomic mass is 32.2. The van der Waals surface area contributed by atoms with Gasteiger partial charge in [-0.15, -0.1) is 34.0 Å². The van der Waals surface area contributed by atoms with Gasteiger partial charge >= 0.3 is 49.2 Å². The Morgan fingerprint density at radius 3 is 1.23 bits per heavy atom. The summed E-state index contributed by atoms with van der Waals surface area (Å²) >= 11 is 3.15. The number of hydrogen-bond donors (Lipinski definition) is 0. The Balaban J connectivity index is 0.000000407. The molecule has 294 valence electrons. The molecule has 0 spiro atoms. The van der Waals surface area contributed by atoms with Crippen LogP contribution in [-0.4, -0.2) is 71.4 Å². The van der Waals surface area contributed by atoms with Gasteiger partial charge in [-0.3, -0.25) is 9.59 Å². The molecule has 0 fully saturated rings. The molecular formula is C29H28F6O13S5. The number of Topliss-reactive ketones (excluding diaryl/α,β-unsaturated/α-hetero) is 1. The average molecular weight is 859 g/mol. The molecule has 0 aromatic carbocycles. The number of thiophene rings is 3. The number of esters is 3. The Labute approximate surface area is 310 Å². The maximum atomic E-state index is 12.3. The molecule has 24 heteroatoms. The monoisotopic (exact) mass is 858 g/mol. The molecule has 13 nitrogen and oxygen atoms in total. The maximum Gasteiger partial charge on any atom is 0.534 e. The Bertz CT molecular complexity index is 1790. The molecular weight excluding hydrogens is 831 g/mol. The Hall–Kier alpha value is -4.26. The van der Waals surface area contributed by atoms with Crippen LogP contribution in [0.4, 0.5) is 26.3 Å². The normalized spacial score (nSPS) is 12.2. The van der Waals surface area contributed by atoms with E-state index in [0.717, 1.165) is 22.7 Å². The fourth-order valence-electron chi connectivity index (χ4n) is 2.89. The van der Waals surface area contributed by atoms with Crippen molar-refractivity contribution in [3.8, 4) is 0 Å². The topological polar surface area (TPSA) is 183 Å². The largest absolute Gasteiger partial charge is 0.534 e. The fourth-order valence-corrected chi connectivity index (χ4v) is 5.95. The van der Waals surface area contributed by atoms with Gasteiger partial charge in [0.05, 0.1) is 46.6 Å². The van der Waals surface area contributed by atoms with Crippen LogP contribution in [0.25, 0.3) is 11.5 Å². The summed E-state index contributed by atoms with van der Waals surface area (Å²) in [7, 11) is -11.7. The van der Waals surface area contributed by atoms with E-state index in [4.69, 9.17) is 0 Å². The Morgan fingerprint density at radius 2 is 0.943 bits per heavy atom. The van der Waals surface area contributed by atoms with Crippen LogP contribution in [0.5, 0.6) is 0 Å². The number of halogens is 6. The molecule has 0 N–H and O–H groups in total. The van der Waals surface area contributed by atoms with E-state index in [1.807, 2.05) is 0 Å². The molecule has 0 saturated heterocycles. The minimum Gasteiger partial charge on any atom is -0.466 e. The maximum absolute atomic E-state index is 12.3. The smallest absolute Gasteiger partial charge is 0.466 e. The van der Waals surface area contributed by atoms with Crippen molar-refractivity contribution in [2.45, 2.75) is 38.2 Å².